The molecule has 2 aliphatic heterocycles. The Morgan fingerprint density at radius 1 is 1.25 bits per heavy atom. The van der Waals surface area contributed by atoms with Gasteiger partial charge in [0.2, 0.25) is 5.91 Å². The van der Waals surface area contributed by atoms with Crippen molar-refractivity contribution in [2.75, 3.05) is 26.2 Å². The van der Waals surface area contributed by atoms with Crippen molar-refractivity contribution in [2.24, 2.45) is 10.8 Å². The molecule has 1 aliphatic carbocycles. The average Bonchev–Trinajstić information content (AvgIpc) is 2.71. The smallest absolute Gasteiger partial charge is 0.228 e. The minimum Gasteiger partial charge on any atom is -0.342 e. The van der Waals surface area contributed by atoms with Crippen LogP contribution in [0.5, 0.6) is 0 Å². The highest BCUT2D eigenvalue weighted by Gasteiger charge is 2.50. The van der Waals surface area contributed by atoms with Crippen LogP contribution in [0.3, 0.4) is 0 Å². The van der Waals surface area contributed by atoms with Crippen LogP contribution in [0.4, 0.5) is 0 Å². The third kappa shape index (κ3) is 1.84. The molecule has 0 aromatic heterocycles. The fourth-order valence-corrected chi connectivity index (χ4v) is 3.04. The number of rotatable bonds is 1. The molecular formula is C12H21ClN2O. The largest absolute Gasteiger partial charge is 0.342 e. The first-order chi connectivity index (χ1) is 7.14. The monoisotopic (exact) mass is 244 g/mol. The highest BCUT2D eigenvalue weighted by Crippen LogP contribution is 2.48. The molecule has 1 unspecified atom stereocenters. The molecule has 0 aromatic carbocycles. The van der Waals surface area contributed by atoms with Gasteiger partial charge in [0.05, 0.1) is 0 Å². The van der Waals surface area contributed by atoms with Crippen LogP contribution in [0.2, 0.25) is 0 Å². The molecule has 3 rings (SSSR count). The van der Waals surface area contributed by atoms with Gasteiger partial charge in [-0.3, -0.25) is 4.79 Å². The van der Waals surface area contributed by atoms with E-state index in [1.54, 1.807) is 0 Å². The molecule has 2 saturated heterocycles. The molecular weight excluding hydrogens is 224 g/mol. The summed E-state index contributed by atoms with van der Waals surface area (Å²) >= 11 is 0. The van der Waals surface area contributed by atoms with Crippen LogP contribution in [-0.4, -0.2) is 37.0 Å². The van der Waals surface area contributed by atoms with Gasteiger partial charge in [-0.15, -0.1) is 12.4 Å². The van der Waals surface area contributed by atoms with Crippen LogP contribution in [0.1, 0.15) is 32.6 Å². The predicted molar refractivity (Wildman–Crippen MR) is 65.7 cm³/mol. The lowest BCUT2D eigenvalue weighted by Crippen LogP contribution is -2.37. The van der Waals surface area contributed by atoms with Crippen molar-refractivity contribution in [3.8, 4) is 0 Å². The van der Waals surface area contributed by atoms with Gasteiger partial charge < -0.3 is 10.2 Å². The standard InChI is InChI=1S/C12H20N2O.ClH/c1-11(2-3-11)10(15)14-7-5-12(9-14)4-6-13-8-12;/h13H,2-9H2,1H3;1H. The Hall–Kier alpha value is -0.280. The molecule has 1 saturated carbocycles. The number of nitrogens with zero attached hydrogens (tertiary/aromatic N) is 1. The minimum absolute atomic E-state index is 0. The van der Waals surface area contributed by atoms with Gasteiger partial charge in [0.15, 0.2) is 0 Å². The maximum absolute atomic E-state index is 12.2. The fourth-order valence-electron chi connectivity index (χ4n) is 3.04. The van der Waals surface area contributed by atoms with Crippen molar-refractivity contribution >= 4 is 18.3 Å². The number of carbonyl (C=O) groups is 1. The number of amides is 1. The summed E-state index contributed by atoms with van der Waals surface area (Å²) in [7, 11) is 0. The van der Waals surface area contributed by atoms with Crippen LogP contribution in [0, 0.1) is 10.8 Å². The highest BCUT2D eigenvalue weighted by molar-refractivity contribution is 5.85. The van der Waals surface area contributed by atoms with Gasteiger partial charge in [-0.1, -0.05) is 6.92 Å². The summed E-state index contributed by atoms with van der Waals surface area (Å²) in [5.74, 6) is 0.422. The van der Waals surface area contributed by atoms with Gasteiger partial charge in [0.1, 0.15) is 0 Å². The number of nitrogens with one attached hydrogen (secondary N) is 1. The van der Waals surface area contributed by atoms with Crippen LogP contribution in [0.15, 0.2) is 0 Å². The molecule has 0 bridgehead atoms. The van der Waals surface area contributed by atoms with Crippen molar-refractivity contribution in [3.63, 3.8) is 0 Å². The minimum atomic E-state index is 0. The van der Waals surface area contributed by atoms with Gasteiger partial charge in [-0.25, -0.2) is 0 Å². The molecule has 3 fully saturated rings. The SMILES string of the molecule is CC1(C(=O)N2CCC3(CCNC3)C2)CC1.Cl. The molecule has 1 N–H and O–H groups in total. The van der Waals surface area contributed by atoms with Crippen molar-refractivity contribution in [1.82, 2.24) is 10.2 Å². The van der Waals surface area contributed by atoms with E-state index in [2.05, 4.69) is 17.1 Å². The lowest BCUT2D eigenvalue weighted by atomic mass is 9.86. The first-order valence-corrected chi connectivity index (χ1v) is 6.14. The molecule has 2 heterocycles. The van der Waals surface area contributed by atoms with E-state index in [9.17, 15) is 4.79 Å². The van der Waals surface area contributed by atoms with Crippen LogP contribution in [-0.2, 0) is 4.79 Å². The number of hydrogen-bond acceptors (Lipinski definition) is 2. The van der Waals surface area contributed by atoms with E-state index in [4.69, 9.17) is 0 Å². The third-order valence-electron chi connectivity index (χ3n) is 4.57. The predicted octanol–water partition coefficient (Wildman–Crippen LogP) is 1.42. The van der Waals surface area contributed by atoms with E-state index in [1.165, 1.54) is 12.8 Å². The summed E-state index contributed by atoms with van der Waals surface area (Å²) in [4.78, 5) is 14.3. The van der Waals surface area contributed by atoms with Gasteiger partial charge in [0, 0.05) is 30.5 Å². The van der Waals surface area contributed by atoms with Gasteiger partial charge in [-0.2, -0.15) is 0 Å². The lowest BCUT2D eigenvalue weighted by molar-refractivity contribution is -0.135. The Labute approximate surface area is 103 Å². The van der Waals surface area contributed by atoms with Gasteiger partial charge in [0.25, 0.3) is 0 Å². The number of halogens is 1. The molecule has 4 heteroatoms. The van der Waals surface area contributed by atoms with Crippen molar-refractivity contribution in [3.05, 3.63) is 0 Å². The average molecular weight is 245 g/mol. The summed E-state index contributed by atoms with van der Waals surface area (Å²) in [6.07, 6.45) is 4.68. The Kier molecular flexibility index (Phi) is 2.96. The Morgan fingerprint density at radius 2 is 2.00 bits per heavy atom. The first kappa shape index (κ1) is 12.2. The molecule has 1 spiro atoms. The molecule has 3 nitrogen and oxygen atoms in total. The molecule has 92 valence electrons. The molecule has 0 radical (unpaired) electrons. The summed E-state index contributed by atoms with van der Waals surface area (Å²) < 4.78 is 0. The first-order valence-electron chi connectivity index (χ1n) is 6.14. The summed E-state index contributed by atoms with van der Waals surface area (Å²) in [5, 5.41) is 3.43. The van der Waals surface area contributed by atoms with E-state index in [1.807, 2.05) is 0 Å². The van der Waals surface area contributed by atoms with Crippen LogP contribution >= 0.6 is 12.4 Å². The summed E-state index contributed by atoms with van der Waals surface area (Å²) in [5.41, 5.74) is 0.457. The molecule has 1 amide bonds. The normalized spacial score (nSPS) is 35.2. The quantitative estimate of drug-likeness (QED) is 0.757. The lowest BCUT2D eigenvalue weighted by Gasteiger charge is -2.24. The molecule has 3 aliphatic rings. The van der Waals surface area contributed by atoms with Crippen molar-refractivity contribution in [1.29, 1.82) is 0 Å². The second kappa shape index (κ2) is 3.88. The molecule has 0 aromatic rings. The molecule has 1 atom stereocenters. The number of hydrogen-bond donors (Lipinski definition) is 1. The van der Waals surface area contributed by atoms with Crippen LogP contribution in [0.25, 0.3) is 0 Å². The Morgan fingerprint density at radius 3 is 2.56 bits per heavy atom. The Bertz CT molecular complexity index is 295. The van der Waals surface area contributed by atoms with E-state index in [-0.39, 0.29) is 17.8 Å². The van der Waals surface area contributed by atoms with Gasteiger partial charge in [-0.05, 0) is 32.2 Å². The maximum Gasteiger partial charge on any atom is 0.228 e. The van der Waals surface area contributed by atoms with E-state index in [0.717, 1.165) is 39.0 Å². The number of likely N-dealkylation sites (tertiary alicyclic amines) is 1. The van der Waals surface area contributed by atoms with Crippen molar-refractivity contribution in [2.45, 2.75) is 32.6 Å². The zero-order valence-electron chi connectivity index (χ0n) is 9.92. The third-order valence-corrected chi connectivity index (χ3v) is 4.57. The molecule has 16 heavy (non-hydrogen) atoms. The number of carbonyl (C=O) groups excluding carboxylic acids is 1. The van der Waals surface area contributed by atoms with E-state index < -0.39 is 0 Å². The topological polar surface area (TPSA) is 32.3 Å². The maximum atomic E-state index is 12.2. The summed E-state index contributed by atoms with van der Waals surface area (Å²) in [6.45, 7) is 6.38. The summed E-state index contributed by atoms with van der Waals surface area (Å²) in [6, 6.07) is 0. The zero-order chi connectivity index (χ0) is 10.5. The van der Waals surface area contributed by atoms with E-state index in [0.29, 0.717) is 11.3 Å². The second-order valence-corrected chi connectivity index (χ2v) is 5.96. The van der Waals surface area contributed by atoms with E-state index >= 15 is 0 Å². The zero-order valence-corrected chi connectivity index (χ0v) is 10.7. The Balaban J connectivity index is 0.000000963. The fraction of sp³-hybridized carbons (Fsp3) is 0.917. The second-order valence-electron chi connectivity index (χ2n) is 5.96. The van der Waals surface area contributed by atoms with Crippen LogP contribution < -0.4 is 5.32 Å². The highest BCUT2D eigenvalue weighted by atomic mass is 35.5. The van der Waals surface area contributed by atoms with Gasteiger partial charge >= 0.3 is 0 Å². The van der Waals surface area contributed by atoms with Crippen molar-refractivity contribution < 1.29 is 4.79 Å².